The van der Waals surface area contributed by atoms with Crippen molar-refractivity contribution in [3.8, 4) is 113 Å². The number of pyridine rings is 6. The van der Waals surface area contributed by atoms with Crippen LogP contribution in [-0.2, 0) is 0 Å². The lowest BCUT2D eigenvalue weighted by molar-refractivity contribution is 1.18. The molecule has 8 heterocycles. The topological polar surface area (TPSA) is 129 Å². The SMILES string of the molecule is Cc1ccc2ccc3c(C)cc(-c4ccc(-c5ccc(-c6cc(-c7ccncc7)nc(-c7ccccc7)n6)cc5)cc4)nc3c2n1.Cc1ccc2ccc3c(C)cc(-c4ccc(-c5ccc(-c6nc(-c7ccccc7)cc(-c7cccnc7)n6)cc5)cc4)nc3c2n1. The van der Waals surface area contributed by atoms with Gasteiger partial charge in [0.05, 0.1) is 56.2 Å². The molecule has 0 saturated heterocycles. The van der Waals surface area contributed by atoms with E-state index >= 15 is 0 Å². The summed E-state index contributed by atoms with van der Waals surface area (Å²) < 4.78 is 0. The summed E-state index contributed by atoms with van der Waals surface area (Å²) in [5.41, 5.74) is 26.1. The zero-order chi connectivity index (χ0) is 62.1. The summed E-state index contributed by atoms with van der Waals surface area (Å²) in [5, 5.41) is 4.48. The Morgan fingerprint density at radius 1 is 0.217 bits per heavy atom. The molecular formula is C82H58N10. The van der Waals surface area contributed by atoms with Crippen molar-refractivity contribution in [3.05, 3.63) is 302 Å². The van der Waals surface area contributed by atoms with Gasteiger partial charge in [0.2, 0.25) is 0 Å². The van der Waals surface area contributed by atoms with Crippen LogP contribution in [-0.4, -0.2) is 49.8 Å². The van der Waals surface area contributed by atoms with Gasteiger partial charge in [-0.05, 0) is 122 Å². The molecule has 10 nitrogen and oxygen atoms in total. The van der Waals surface area contributed by atoms with E-state index in [1.807, 2.05) is 117 Å². The largest absolute Gasteiger partial charge is 0.265 e. The number of fused-ring (bicyclic) bond motifs is 6. The first-order chi connectivity index (χ1) is 45.2. The maximum Gasteiger partial charge on any atom is 0.160 e. The predicted octanol–water partition coefficient (Wildman–Crippen LogP) is 19.8. The molecule has 16 aromatic rings. The van der Waals surface area contributed by atoms with Crippen LogP contribution in [0.1, 0.15) is 22.5 Å². The third kappa shape index (κ3) is 11.5. The second kappa shape index (κ2) is 24.4. The van der Waals surface area contributed by atoms with Crippen LogP contribution in [0.2, 0.25) is 0 Å². The maximum absolute atomic E-state index is 5.10. The predicted molar refractivity (Wildman–Crippen MR) is 374 cm³/mol. The molecule has 0 amide bonds. The highest BCUT2D eigenvalue weighted by atomic mass is 14.9. The number of rotatable bonds is 10. The van der Waals surface area contributed by atoms with Crippen LogP contribution in [0, 0.1) is 27.7 Å². The number of benzene rings is 8. The molecular weight excluding hydrogens is 1120 g/mol. The van der Waals surface area contributed by atoms with Gasteiger partial charge in [-0.1, -0.05) is 194 Å². The number of hydrogen-bond donors (Lipinski definition) is 0. The lowest BCUT2D eigenvalue weighted by atomic mass is 9.99. The standard InChI is InChI=1S/2C41H29N5/c1-26-23-36(44-40-35(26)21-20-32-11-10-27(2)43-39(32)40)31-16-12-28(13-17-31)29-14-18-33(19-15-29)41-45-37(30-7-4-3-5-8-30)24-38(46-41)34-9-6-22-42-25-34;1-26-24-36(44-40-35(26)19-18-33-9-8-27(2)43-39(33)40)30-14-10-28(11-15-30)29-12-16-31(17-13-29)37-25-38(32-20-22-42-23-21-32)46-41(45-37)34-6-4-3-5-7-34/h2*3-25H,1-2H3. The minimum absolute atomic E-state index is 0.678. The van der Waals surface area contributed by atoms with Crippen LogP contribution in [0.4, 0.5) is 0 Å². The van der Waals surface area contributed by atoms with Crippen LogP contribution in [0.15, 0.2) is 280 Å². The van der Waals surface area contributed by atoms with Crippen molar-refractivity contribution in [1.29, 1.82) is 0 Å². The monoisotopic (exact) mass is 1180 g/mol. The highest BCUT2D eigenvalue weighted by Crippen LogP contribution is 2.36. The summed E-state index contributed by atoms with van der Waals surface area (Å²) >= 11 is 0. The van der Waals surface area contributed by atoms with E-state index in [9.17, 15) is 0 Å². The van der Waals surface area contributed by atoms with E-state index in [0.717, 1.165) is 156 Å². The van der Waals surface area contributed by atoms with Gasteiger partial charge in [-0.3, -0.25) is 19.9 Å². The Morgan fingerprint density at radius 2 is 0.554 bits per heavy atom. The molecule has 0 radical (unpaired) electrons. The van der Waals surface area contributed by atoms with Crippen LogP contribution >= 0.6 is 0 Å². The summed E-state index contributed by atoms with van der Waals surface area (Å²) in [7, 11) is 0. The molecule has 436 valence electrons. The van der Waals surface area contributed by atoms with Crippen molar-refractivity contribution in [2.75, 3.05) is 0 Å². The molecule has 0 fully saturated rings. The van der Waals surface area contributed by atoms with E-state index in [0.29, 0.717) is 11.6 Å². The fraction of sp³-hybridized carbons (Fsp3) is 0.0488. The lowest BCUT2D eigenvalue weighted by Gasteiger charge is -2.11. The maximum atomic E-state index is 5.10. The second-order valence-corrected chi connectivity index (χ2v) is 23.1. The summed E-state index contributed by atoms with van der Waals surface area (Å²) in [6, 6.07) is 87.7. The van der Waals surface area contributed by atoms with Crippen LogP contribution in [0.25, 0.3) is 156 Å². The Bertz CT molecular complexity index is 4920. The molecule has 0 saturated carbocycles. The summed E-state index contributed by atoms with van der Waals surface area (Å²) in [6.07, 6.45) is 7.18. The van der Waals surface area contributed by atoms with Gasteiger partial charge < -0.3 is 0 Å². The fourth-order valence-electron chi connectivity index (χ4n) is 11.9. The lowest BCUT2D eigenvalue weighted by Crippen LogP contribution is -1.96. The summed E-state index contributed by atoms with van der Waals surface area (Å²) in [5.74, 6) is 1.37. The van der Waals surface area contributed by atoms with Gasteiger partial charge in [-0.15, -0.1) is 0 Å². The molecule has 0 N–H and O–H groups in total. The van der Waals surface area contributed by atoms with Gasteiger partial charge in [0, 0.05) is 102 Å². The molecule has 8 aromatic heterocycles. The Labute approximate surface area is 532 Å². The Hall–Kier alpha value is -12.1. The van der Waals surface area contributed by atoms with Gasteiger partial charge in [-0.2, -0.15) is 0 Å². The molecule has 0 unspecified atom stereocenters. The number of nitrogens with zero attached hydrogens (tertiary/aromatic N) is 10. The Kier molecular flexibility index (Phi) is 15.0. The van der Waals surface area contributed by atoms with Crippen LogP contribution in [0.5, 0.6) is 0 Å². The number of hydrogen-bond acceptors (Lipinski definition) is 10. The molecule has 0 aliphatic carbocycles. The Morgan fingerprint density at radius 3 is 0.978 bits per heavy atom. The van der Waals surface area contributed by atoms with Crippen molar-refractivity contribution >= 4 is 43.6 Å². The van der Waals surface area contributed by atoms with E-state index in [1.54, 1.807) is 18.6 Å². The normalized spacial score (nSPS) is 11.3. The highest BCUT2D eigenvalue weighted by molar-refractivity contribution is 6.06. The van der Waals surface area contributed by atoms with E-state index in [-0.39, 0.29) is 0 Å². The first-order valence-corrected chi connectivity index (χ1v) is 30.7. The zero-order valence-electron chi connectivity index (χ0n) is 51.0. The van der Waals surface area contributed by atoms with Crippen LogP contribution in [0.3, 0.4) is 0 Å². The smallest absolute Gasteiger partial charge is 0.160 e. The van der Waals surface area contributed by atoms with Gasteiger partial charge in [0.15, 0.2) is 11.6 Å². The number of aryl methyl sites for hydroxylation is 4. The zero-order valence-corrected chi connectivity index (χ0v) is 51.0. The van der Waals surface area contributed by atoms with Crippen molar-refractivity contribution < 1.29 is 0 Å². The van der Waals surface area contributed by atoms with E-state index in [1.165, 1.54) is 11.1 Å². The second-order valence-electron chi connectivity index (χ2n) is 23.1. The molecule has 0 bridgehead atoms. The molecule has 10 heteroatoms. The summed E-state index contributed by atoms with van der Waals surface area (Å²) in [6.45, 7) is 8.33. The molecule has 0 aliphatic heterocycles. The molecule has 16 rings (SSSR count). The molecule has 0 aliphatic rings. The van der Waals surface area contributed by atoms with Gasteiger partial charge in [0.1, 0.15) is 0 Å². The van der Waals surface area contributed by atoms with Crippen molar-refractivity contribution in [3.63, 3.8) is 0 Å². The molecule has 92 heavy (non-hydrogen) atoms. The molecule has 8 aromatic carbocycles. The average molecular weight is 1180 g/mol. The minimum Gasteiger partial charge on any atom is -0.265 e. The third-order valence-corrected chi connectivity index (χ3v) is 16.8. The number of aromatic nitrogens is 10. The van der Waals surface area contributed by atoms with E-state index in [4.69, 9.17) is 39.9 Å². The van der Waals surface area contributed by atoms with Crippen molar-refractivity contribution in [1.82, 2.24) is 49.8 Å². The highest BCUT2D eigenvalue weighted by Gasteiger charge is 2.16. The van der Waals surface area contributed by atoms with Gasteiger partial charge in [-0.25, -0.2) is 29.9 Å². The first-order valence-electron chi connectivity index (χ1n) is 30.7. The molecule has 0 atom stereocenters. The van der Waals surface area contributed by atoms with E-state index in [2.05, 4.69) is 182 Å². The minimum atomic E-state index is 0.678. The van der Waals surface area contributed by atoms with E-state index < -0.39 is 0 Å². The van der Waals surface area contributed by atoms with Crippen molar-refractivity contribution in [2.45, 2.75) is 27.7 Å². The first kappa shape index (κ1) is 56.4. The van der Waals surface area contributed by atoms with Crippen LogP contribution < -0.4 is 0 Å². The fourth-order valence-corrected chi connectivity index (χ4v) is 11.9. The Balaban J connectivity index is 0.000000153. The van der Waals surface area contributed by atoms with Gasteiger partial charge >= 0.3 is 0 Å². The average Bonchev–Trinajstić information content (AvgIpc) is 0.988. The van der Waals surface area contributed by atoms with Crippen molar-refractivity contribution in [2.24, 2.45) is 0 Å². The summed E-state index contributed by atoms with van der Waals surface area (Å²) in [4.78, 5) is 48.1. The van der Waals surface area contributed by atoms with Gasteiger partial charge in [0.25, 0.3) is 0 Å². The molecule has 0 spiro atoms. The third-order valence-electron chi connectivity index (χ3n) is 16.8. The quantitative estimate of drug-likeness (QED) is 0.122.